The number of anilines is 3. The first-order valence-electron chi connectivity index (χ1n) is 11.9. The summed E-state index contributed by atoms with van der Waals surface area (Å²) in [5.74, 6) is -0.316. The molecule has 0 saturated heterocycles. The monoisotopic (exact) mass is 489 g/mol. The Kier molecular flexibility index (Phi) is 5.88. The number of nitrogens with one attached hydrogen (secondary N) is 2. The van der Waals surface area contributed by atoms with Gasteiger partial charge in [0.1, 0.15) is 12.3 Å². The molecule has 0 unspecified atom stereocenters. The van der Waals surface area contributed by atoms with Crippen molar-refractivity contribution in [3.63, 3.8) is 0 Å². The second-order valence-electron chi connectivity index (χ2n) is 8.75. The van der Waals surface area contributed by atoms with Crippen molar-refractivity contribution in [2.75, 3.05) is 22.5 Å². The molecule has 6 rings (SSSR count). The molecule has 4 aromatic rings. The molecule has 7 heteroatoms. The fourth-order valence-corrected chi connectivity index (χ4v) is 4.71. The number of ether oxygens (including phenoxy) is 1. The average Bonchev–Trinajstić information content (AvgIpc) is 3.51. The molecule has 0 bridgehead atoms. The lowest BCUT2D eigenvalue weighted by Gasteiger charge is -2.14. The highest BCUT2D eigenvalue weighted by molar-refractivity contribution is 6.05. The third-order valence-electron chi connectivity index (χ3n) is 6.49. The van der Waals surface area contributed by atoms with Gasteiger partial charge in [-0.15, -0.1) is 4.94 Å². The Hall–Kier alpha value is -4.88. The molecular formula is C30H23N3O4. The van der Waals surface area contributed by atoms with Crippen LogP contribution in [0.2, 0.25) is 0 Å². The summed E-state index contributed by atoms with van der Waals surface area (Å²) in [4.78, 5) is 30.3. The molecule has 2 N–H and O–H groups in total. The first-order chi connectivity index (χ1) is 18.2. The molecule has 0 saturated carbocycles. The van der Waals surface area contributed by atoms with Crippen molar-refractivity contribution in [2.24, 2.45) is 0 Å². The normalized spacial score (nSPS) is 13.6. The molecule has 4 aromatic carbocycles. The Bertz CT molecular complexity index is 1470. The standard InChI is InChI=1S/C30H23N3O4/c34-29(33-28-12-6-5-11-27(28)32-37-33)18-15-20-13-16-21(17-14-20)31-30(35)36-19-26-24-9-3-1-7-22(24)23-8-2-4-10-25(23)26/h1-18,26,32H,19H2,(H,31,35)/b18-15+. The zero-order chi connectivity index (χ0) is 25.2. The van der Waals surface area contributed by atoms with Crippen molar-refractivity contribution in [2.45, 2.75) is 5.92 Å². The number of benzene rings is 4. The van der Waals surface area contributed by atoms with Crippen molar-refractivity contribution in [3.05, 3.63) is 120 Å². The number of para-hydroxylation sites is 2. The summed E-state index contributed by atoms with van der Waals surface area (Å²) in [6, 6.07) is 30.9. The third kappa shape index (κ3) is 4.44. The predicted octanol–water partition coefficient (Wildman–Crippen LogP) is 6.37. The van der Waals surface area contributed by atoms with Crippen molar-refractivity contribution in [1.29, 1.82) is 0 Å². The molecule has 0 fully saturated rings. The van der Waals surface area contributed by atoms with Gasteiger partial charge in [0.2, 0.25) is 0 Å². The lowest BCUT2D eigenvalue weighted by atomic mass is 9.98. The van der Waals surface area contributed by atoms with Gasteiger partial charge in [-0.2, -0.15) is 5.06 Å². The van der Waals surface area contributed by atoms with Crippen LogP contribution in [0.5, 0.6) is 0 Å². The maximum Gasteiger partial charge on any atom is 0.411 e. The van der Waals surface area contributed by atoms with Crippen LogP contribution in [-0.2, 0) is 14.5 Å². The second-order valence-corrected chi connectivity index (χ2v) is 8.75. The number of rotatable bonds is 5. The van der Waals surface area contributed by atoms with E-state index in [1.807, 2.05) is 42.5 Å². The average molecular weight is 490 g/mol. The van der Waals surface area contributed by atoms with Crippen LogP contribution in [0.25, 0.3) is 17.2 Å². The predicted molar refractivity (Wildman–Crippen MR) is 143 cm³/mol. The van der Waals surface area contributed by atoms with Crippen LogP contribution >= 0.6 is 0 Å². The summed E-state index contributed by atoms with van der Waals surface area (Å²) >= 11 is 0. The van der Waals surface area contributed by atoms with Crippen molar-refractivity contribution in [3.8, 4) is 11.1 Å². The number of nitrogens with zero attached hydrogens (tertiary/aromatic N) is 1. The van der Waals surface area contributed by atoms with Crippen molar-refractivity contribution < 1.29 is 19.3 Å². The smallest absolute Gasteiger partial charge is 0.411 e. The van der Waals surface area contributed by atoms with Crippen LogP contribution in [0.4, 0.5) is 21.9 Å². The highest BCUT2D eigenvalue weighted by Crippen LogP contribution is 2.44. The van der Waals surface area contributed by atoms with Gasteiger partial charge in [0.25, 0.3) is 5.91 Å². The lowest BCUT2D eigenvalue weighted by Crippen LogP contribution is -2.26. The first-order valence-corrected chi connectivity index (χ1v) is 11.9. The Labute approximate surface area is 213 Å². The van der Waals surface area contributed by atoms with E-state index in [1.165, 1.54) is 33.4 Å². The van der Waals surface area contributed by atoms with E-state index < -0.39 is 6.09 Å². The molecule has 0 aromatic heterocycles. The minimum Gasteiger partial charge on any atom is -0.448 e. The molecule has 0 radical (unpaired) electrons. The Morgan fingerprint density at radius 2 is 1.51 bits per heavy atom. The van der Waals surface area contributed by atoms with Crippen LogP contribution < -0.4 is 15.9 Å². The molecular weight excluding hydrogens is 466 g/mol. The highest BCUT2D eigenvalue weighted by Gasteiger charge is 2.29. The van der Waals surface area contributed by atoms with Crippen molar-refractivity contribution >= 4 is 35.1 Å². The van der Waals surface area contributed by atoms with Crippen LogP contribution in [0.3, 0.4) is 0 Å². The van der Waals surface area contributed by atoms with Gasteiger partial charge in [0.15, 0.2) is 0 Å². The number of hydrogen-bond donors (Lipinski definition) is 2. The molecule has 37 heavy (non-hydrogen) atoms. The lowest BCUT2D eigenvalue weighted by molar-refractivity contribution is -0.119. The van der Waals surface area contributed by atoms with E-state index >= 15 is 0 Å². The van der Waals surface area contributed by atoms with Crippen LogP contribution in [-0.4, -0.2) is 18.6 Å². The van der Waals surface area contributed by atoms with Gasteiger partial charge in [-0.25, -0.2) is 10.3 Å². The Balaban J connectivity index is 1.05. The number of fused-ring (bicyclic) bond motifs is 4. The molecule has 182 valence electrons. The van der Waals surface area contributed by atoms with E-state index in [0.717, 1.165) is 11.3 Å². The summed E-state index contributed by atoms with van der Waals surface area (Å²) < 4.78 is 5.60. The van der Waals surface area contributed by atoms with Gasteiger partial charge in [-0.3, -0.25) is 10.1 Å². The Morgan fingerprint density at radius 1 is 0.865 bits per heavy atom. The molecule has 1 heterocycles. The third-order valence-corrected chi connectivity index (χ3v) is 6.49. The van der Waals surface area contributed by atoms with Gasteiger partial charge in [-0.05, 0) is 58.2 Å². The molecule has 7 nitrogen and oxygen atoms in total. The van der Waals surface area contributed by atoms with Gasteiger partial charge in [0.05, 0.1) is 5.69 Å². The zero-order valence-electron chi connectivity index (χ0n) is 19.8. The topological polar surface area (TPSA) is 79.9 Å². The second kappa shape index (κ2) is 9.64. The maximum atomic E-state index is 12.5. The number of amides is 2. The fraction of sp³-hybridized carbons (Fsp3) is 0.0667. The zero-order valence-corrected chi connectivity index (χ0v) is 19.8. The molecule has 1 aliphatic carbocycles. The molecule has 0 spiro atoms. The van der Waals surface area contributed by atoms with Gasteiger partial charge >= 0.3 is 6.09 Å². The van der Waals surface area contributed by atoms with E-state index in [0.29, 0.717) is 11.4 Å². The molecule has 2 aliphatic rings. The van der Waals surface area contributed by atoms with Gasteiger partial charge < -0.3 is 4.74 Å². The molecule has 0 atom stereocenters. The van der Waals surface area contributed by atoms with Crippen LogP contribution in [0.15, 0.2) is 103 Å². The fourth-order valence-electron chi connectivity index (χ4n) is 4.71. The first kappa shape index (κ1) is 22.6. The minimum atomic E-state index is -0.516. The van der Waals surface area contributed by atoms with Crippen LogP contribution in [0, 0.1) is 0 Å². The van der Waals surface area contributed by atoms with E-state index in [4.69, 9.17) is 9.68 Å². The molecule has 1 aliphatic heterocycles. The van der Waals surface area contributed by atoms with Gasteiger partial charge in [0, 0.05) is 17.7 Å². The Morgan fingerprint density at radius 3 is 2.24 bits per heavy atom. The SMILES string of the molecule is O=C(Nc1ccc(/C=C/C(=O)N2ONc3ccccc32)cc1)OCC1c2ccccc2-c2ccccc21. The number of hydroxylamine groups is 1. The maximum absolute atomic E-state index is 12.5. The summed E-state index contributed by atoms with van der Waals surface area (Å²) in [6.45, 7) is 0.249. The van der Waals surface area contributed by atoms with E-state index in [-0.39, 0.29) is 18.4 Å². The van der Waals surface area contributed by atoms with Crippen LogP contribution in [0.1, 0.15) is 22.6 Å². The highest BCUT2D eigenvalue weighted by atomic mass is 16.8. The largest absolute Gasteiger partial charge is 0.448 e. The quantitative estimate of drug-likeness (QED) is 0.319. The van der Waals surface area contributed by atoms with E-state index in [2.05, 4.69) is 35.1 Å². The summed E-state index contributed by atoms with van der Waals surface area (Å²) in [7, 11) is 0. The van der Waals surface area contributed by atoms with E-state index in [9.17, 15) is 9.59 Å². The molecule has 2 amide bonds. The minimum absolute atomic E-state index is 0.00459. The number of carbonyl (C=O) groups is 2. The van der Waals surface area contributed by atoms with Gasteiger partial charge in [-0.1, -0.05) is 72.8 Å². The number of hydrogen-bond acceptors (Lipinski definition) is 5. The summed E-state index contributed by atoms with van der Waals surface area (Å²) in [5.41, 5.74) is 10.2. The van der Waals surface area contributed by atoms with Crippen molar-refractivity contribution in [1.82, 2.24) is 0 Å². The summed E-state index contributed by atoms with van der Waals surface area (Å²) in [6.07, 6.45) is 2.60. The van der Waals surface area contributed by atoms with E-state index in [1.54, 1.807) is 36.4 Å². The number of carbonyl (C=O) groups excluding carboxylic acids is 2. The summed E-state index contributed by atoms with van der Waals surface area (Å²) in [5, 5.41) is 3.97.